The third kappa shape index (κ3) is 1.43. The summed E-state index contributed by atoms with van der Waals surface area (Å²) in [6.45, 7) is 5.79. The largest absolute Gasteiger partial charge is 0.389 e. The van der Waals surface area contributed by atoms with E-state index in [-0.39, 0.29) is 0 Å². The van der Waals surface area contributed by atoms with Crippen LogP contribution in [0.5, 0.6) is 0 Å². The van der Waals surface area contributed by atoms with Gasteiger partial charge in [-0.3, -0.25) is 0 Å². The van der Waals surface area contributed by atoms with E-state index in [1.807, 2.05) is 6.92 Å². The van der Waals surface area contributed by atoms with Crippen LogP contribution in [0.1, 0.15) is 20.3 Å². The van der Waals surface area contributed by atoms with Crippen molar-refractivity contribution >= 4 is 0 Å². The van der Waals surface area contributed by atoms with E-state index in [4.69, 9.17) is 0 Å². The molecule has 0 radical (unpaired) electrons. The third-order valence-electron chi connectivity index (χ3n) is 2.30. The summed E-state index contributed by atoms with van der Waals surface area (Å²) in [5.41, 5.74) is -0.474. The molecule has 54 valence electrons. The molecular weight excluding hydrogens is 114 g/mol. The van der Waals surface area contributed by atoms with E-state index in [1.165, 1.54) is 0 Å². The van der Waals surface area contributed by atoms with Gasteiger partial charge in [0, 0.05) is 6.54 Å². The van der Waals surface area contributed by atoms with Crippen LogP contribution in [0.4, 0.5) is 0 Å². The second-order valence-electron chi connectivity index (χ2n) is 3.22. The maximum Gasteiger partial charge on any atom is 0.0769 e. The molecule has 1 aliphatic heterocycles. The van der Waals surface area contributed by atoms with Gasteiger partial charge in [-0.25, -0.2) is 0 Å². The monoisotopic (exact) mass is 129 g/mol. The number of aliphatic hydroxyl groups is 1. The van der Waals surface area contributed by atoms with Crippen LogP contribution in [0, 0.1) is 5.92 Å². The zero-order valence-corrected chi connectivity index (χ0v) is 6.15. The maximum absolute atomic E-state index is 9.58. The Morgan fingerprint density at radius 1 is 1.67 bits per heavy atom. The van der Waals surface area contributed by atoms with Crippen LogP contribution < -0.4 is 5.32 Å². The molecule has 0 spiro atoms. The standard InChI is InChI=1S/C7H15NO/c1-6-3-4-8-5-7(6,2)9/h6,8-9H,3-5H2,1-2H3/t6-,7+/m0/s1. The number of β-amino-alcohol motifs (C(OH)–C–C–N with tert-alkyl or cyclic N) is 1. The van der Waals surface area contributed by atoms with Gasteiger partial charge in [0.2, 0.25) is 0 Å². The van der Waals surface area contributed by atoms with E-state index in [1.54, 1.807) is 0 Å². The van der Waals surface area contributed by atoms with Crippen LogP contribution in [-0.2, 0) is 0 Å². The minimum Gasteiger partial charge on any atom is -0.389 e. The topological polar surface area (TPSA) is 32.3 Å². The second kappa shape index (κ2) is 2.27. The molecule has 0 bridgehead atoms. The highest BCUT2D eigenvalue weighted by Crippen LogP contribution is 2.21. The maximum atomic E-state index is 9.58. The lowest BCUT2D eigenvalue weighted by atomic mass is 9.85. The van der Waals surface area contributed by atoms with Crippen LogP contribution in [0.15, 0.2) is 0 Å². The molecule has 0 amide bonds. The van der Waals surface area contributed by atoms with E-state index >= 15 is 0 Å². The van der Waals surface area contributed by atoms with Crippen molar-refractivity contribution in [1.29, 1.82) is 0 Å². The first-order valence-electron chi connectivity index (χ1n) is 3.56. The number of piperidine rings is 1. The van der Waals surface area contributed by atoms with E-state index < -0.39 is 5.60 Å². The smallest absolute Gasteiger partial charge is 0.0769 e. The molecule has 9 heavy (non-hydrogen) atoms. The van der Waals surface area contributed by atoms with Gasteiger partial charge in [0.1, 0.15) is 0 Å². The lowest BCUT2D eigenvalue weighted by molar-refractivity contribution is -0.0115. The molecule has 0 aliphatic carbocycles. The van der Waals surface area contributed by atoms with Gasteiger partial charge in [0.05, 0.1) is 5.60 Å². The first-order chi connectivity index (χ1) is 4.13. The Hall–Kier alpha value is -0.0800. The Morgan fingerprint density at radius 3 is 2.67 bits per heavy atom. The first-order valence-corrected chi connectivity index (χ1v) is 3.56. The van der Waals surface area contributed by atoms with Crippen LogP contribution >= 0.6 is 0 Å². The summed E-state index contributed by atoms with van der Waals surface area (Å²) in [7, 11) is 0. The van der Waals surface area contributed by atoms with E-state index in [0.29, 0.717) is 5.92 Å². The van der Waals surface area contributed by atoms with Crippen molar-refractivity contribution in [3.05, 3.63) is 0 Å². The fourth-order valence-electron chi connectivity index (χ4n) is 1.15. The molecule has 1 fully saturated rings. The fourth-order valence-corrected chi connectivity index (χ4v) is 1.15. The molecule has 1 aliphatic rings. The molecule has 2 atom stereocenters. The molecule has 0 unspecified atom stereocenters. The van der Waals surface area contributed by atoms with Crippen molar-refractivity contribution < 1.29 is 5.11 Å². The molecule has 0 saturated carbocycles. The molecule has 1 saturated heterocycles. The minimum absolute atomic E-state index is 0.443. The second-order valence-corrected chi connectivity index (χ2v) is 3.22. The van der Waals surface area contributed by atoms with Crippen molar-refractivity contribution in [2.24, 2.45) is 5.92 Å². The van der Waals surface area contributed by atoms with Crippen LogP contribution in [0.2, 0.25) is 0 Å². The molecule has 1 heterocycles. The average Bonchev–Trinajstić information content (AvgIpc) is 1.77. The third-order valence-corrected chi connectivity index (χ3v) is 2.30. The van der Waals surface area contributed by atoms with E-state index in [0.717, 1.165) is 19.5 Å². The predicted octanol–water partition coefficient (Wildman–Crippen LogP) is 0.367. The summed E-state index contributed by atoms with van der Waals surface area (Å²) in [5.74, 6) is 0.443. The Kier molecular flexibility index (Phi) is 1.78. The van der Waals surface area contributed by atoms with Crippen LogP contribution in [0.25, 0.3) is 0 Å². The van der Waals surface area contributed by atoms with Crippen molar-refractivity contribution in [2.45, 2.75) is 25.9 Å². The zero-order valence-electron chi connectivity index (χ0n) is 6.15. The highest BCUT2D eigenvalue weighted by Gasteiger charge is 2.30. The molecule has 1 rings (SSSR count). The molecule has 0 aromatic carbocycles. The summed E-state index contributed by atoms with van der Waals surface area (Å²) in [6, 6.07) is 0. The van der Waals surface area contributed by atoms with Crippen molar-refractivity contribution in [3.63, 3.8) is 0 Å². The van der Waals surface area contributed by atoms with E-state index in [9.17, 15) is 5.11 Å². The summed E-state index contributed by atoms with van der Waals surface area (Å²) < 4.78 is 0. The quantitative estimate of drug-likeness (QED) is 0.495. The number of rotatable bonds is 0. The van der Waals surface area contributed by atoms with Gasteiger partial charge in [0.15, 0.2) is 0 Å². The summed E-state index contributed by atoms with van der Waals surface area (Å²) in [4.78, 5) is 0. The molecule has 2 heteroatoms. The number of hydrogen-bond donors (Lipinski definition) is 2. The highest BCUT2D eigenvalue weighted by molar-refractivity contribution is 4.85. The summed E-state index contributed by atoms with van der Waals surface area (Å²) in [6.07, 6.45) is 1.09. The number of hydrogen-bond acceptors (Lipinski definition) is 2. The molecule has 2 N–H and O–H groups in total. The highest BCUT2D eigenvalue weighted by atomic mass is 16.3. The van der Waals surface area contributed by atoms with Gasteiger partial charge in [-0.1, -0.05) is 6.92 Å². The van der Waals surface area contributed by atoms with Gasteiger partial charge in [-0.2, -0.15) is 0 Å². The Labute approximate surface area is 56.3 Å². The Bertz CT molecular complexity index is 101. The van der Waals surface area contributed by atoms with Crippen molar-refractivity contribution in [3.8, 4) is 0 Å². The lowest BCUT2D eigenvalue weighted by Crippen LogP contribution is -2.48. The lowest BCUT2D eigenvalue weighted by Gasteiger charge is -2.35. The first kappa shape index (κ1) is 7.03. The fraction of sp³-hybridized carbons (Fsp3) is 1.00. The van der Waals surface area contributed by atoms with Gasteiger partial charge >= 0.3 is 0 Å². The minimum atomic E-state index is -0.474. The van der Waals surface area contributed by atoms with Gasteiger partial charge in [-0.15, -0.1) is 0 Å². The number of nitrogens with one attached hydrogen (secondary N) is 1. The van der Waals surface area contributed by atoms with Crippen molar-refractivity contribution in [2.75, 3.05) is 13.1 Å². The summed E-state index contributed by atoms with van der Waals surface area (Å²) in [5, 5.41) is 12.7. The molecule has 2 nitrogen and oxygen atoms in total. The van der Waals surface area contributed by atoms with Gasteiger partial charge in [0.25, 0.3) is 0 Å². The molecule has 0 aromatic rings. The van der Waals surface area contributed by atoms with Crippen LogP contribution in [0.3, 0.4) is 0 Å². The average molecular weight is 129 g/mol. The molecule has 0 aromatic heterocycles. The summed E-state index contributed by atoms with van der Waals surface area (Å²) >= 11 is 0. The molecular formula is C7H15NO. The Morgan fingerprint density at radius 2 is 2.33 bits per heavy atom. The van der Waals surface area contributed by atoms with Gasteiger partial charge in [-0.05, 0) is 25.8 Å². The SMILES string of the molecule is C[C@H]1CCNC[C@@]1(C)O. The predicted molar refractivity (Wildman–Crippen MR) is 37.3 cm³/mol. The van der Waals surface area contributed by atoms with Crippen molar-refractivity contribution in [1.82, 2.24) is 5.32 Å². The normalized spacial score (nSPS) is 45.0. The van der Waals surface area contributed by atoms with Crippen LogP contribution in [-0.4, -0.2) is 23.8 Å². The zero-order chi connectivity index (χ0) is 6.91. The Balaban J connectivity index is 2.49. The van der Waals surface area contributed by atoms with Gasteiger partial charge < -0.3 is 10.4 Å². The van der Waals surface area contributed by atoms with E-state index in [2.05, 4.69) is 12.2 Å².